The Bertz CT molecular complexity index is 1090. The van der Waals surface area contributed by atoms with Crippen LogP contribution in [-0.4, -0.2) is 25.5 Å². The molecule has 1 aliphatic heterocycles. The molecule has 1 N–H and O–H groups in total. The molecule has 0 saturated carbocycles. The zero-order valence-electron chi connectivity index (χ0n) is 16.8. The van der Waals surface area contributed by atoms with E-state index in [0.717, 1.165) is 11.1 Å². The number of methoxy groups -OCH3 is 1. The minimum absolute atomic E-state index is 0.00354. The Morgan fingerprint density at radius 3 is 2.60 bits per heavy atom. The third-order valence-electron chi connectivity index (χ3n) is 5.10. The number of hydrogen-bond donors (Lipinski definition) is 1. The molecule has 0 bridgehead atoms. The lowest BCUT2D eigenvalue weighted by molar-refractivity contribution is -0.121. The van der Waals surface area contributed by atoms with Crippen molar-refractivity contribution in [1.82, 2.24) is 0 Å². The minimum atomic E-state index is -0.244. The Hall–Kier alpha value is -3.80. The van der Waals surface area contributed by atoms with Crippen molar-refractivity contribution in [3.8, 4) is 11.5 Å². The van der Waals surface area contributed by atoms with Gasteiger partial charge in [0.1, 0.15) is 11.5 Å². The molecule has 152 valence electrons. The predicted octanol–water partition coefficient (Wildman–Crippen LogP) is 4.18. The lowest BCUT2D eigenvalue weighted by Crippen LogP contribution is -2.38. The van der Waals surface area contributed by atoms with Gasteiger partial charge in [-0.25, -0.2) is 0 Å². The number of rotatable bonds is 5. The second-order valence-corrected chi connectivity index (χ2v) is 7.06. The molecule has 0 spiro atoms. The molecule has 2 amide bonds. The number of nitrogens with one attached hydrogen (secondary N) is 1. The summed E-state index contributed by atoms with van der Waals surface area (Å²) in [5, 5.41) is 2.88. The second kappa shape index (κ2) is 8.29. The SMILES string of the molecule is COc1ccc(C(=O)Nc2ccc3c(c2)N(Cc2ccccc2C)C(=O)CO3)cc1. The molecule has 0 radical (unpaired) electrons. The first kappa shape index (κ1) is 19.5. The van der Waals surface area contributed by atoms with E-state index in [-0.39, 0.29) is 18.4 Å². The number of hydrogen-bond acceptors (Lipinski definition) is 4. The van der Waals surface area contributed by atoms with Crippen molar-refractivity contribution in [1.29, 1.82) is 0 Å². The van der Waals surface area contributed by atoms with Crippen molar-refractivity contribution in [2.75, 3.05) is 23.9 Å². The smallest absolute Gasteiger partial charge is 0.265 e. The Morgan fingerprint density at radius 1 is 1.10 bits per heavy atom. The summed E-state index contributed by atoms with van der Waals surface area (Å²) >= 11 is 0. The molecule has 1 aliphatic rings. The summed E-state index contributed by atoms with van der Waals surface area (Å²) in [6.07, 6.45) is 0. The summed E-state index contributed by atoms with van der Waals surface area (Å²) in [6.45, 7) is 2.46. The first-order chi connectivity index (χ1) is 14.5. The van der Waals surface area contributed by atoms with Gasteiger partial charge in [0.2, 0.25) is 0 Å². The van der Waals surface area contributed by atoms with Crippen molar-refractivity contribution in [2.45, 2.75) is 13.5 Å². The molecule has 1 heterocycles. The molecular weight excluding hydrogens is 380 g/mol. The number of anilines is 2. The van der Waals surface area contributed by atoms with Crippen molar-refractivity contribution in [2.24, 2.45) is 0 Å². The van der Waals surface area contributed by atoms with Crippen molar-refractivity contribution < 1.29 is 19.1 Å². The molecule has 0 unspecified atom stereocenters. The maximum atomic E-state index is 12.6. The van der Waals surface area contributed by atoms with E-state index in [1.54, 1.807) is 54.5 Å². The standard InChI is InChI=1S/C24H22N2O4/c1-16-5-3-4-6-18(16)14-26-21-13-19(9-12-22(21)30-15-23(26)27)25-24(28)17-7-10-20(29-2)11-8-17/h3-13H,14-15H2,1-2H3,(H,25,28). The highest BCUT2D eigenvalue weighted by Gasteiger charge is 2.26. The Balaban J connectivity index is 1.59. The second-order valence-electron chi connectivity index (χ2n) is 7.06. The third-order valence-corrected chi connectivity index (χ3v) is 5.10. The van der Waals surface area contributed by atoms with Crippen LogP contribution >= 0.6 is 0 Å². The van der Waals surface area contributed by atoms with Crippen molar-refractivity contribution >= 4 is 23.2 Å². The summed E-state index contributed by atoms with van der Waals surface area (Å²) in [6, 6.07) is 20.1. The van der Waals surface area contributed by atoms with Gasteiger partial charge in [-0.1, -0.05) is 24.3 Å². The van der Waals surface area contributed by atoms with Gasteiger partial charge in [0, 0.05) is 11.3 Å². The monoisotopic (exact) mass is 402 g/mol. The lowest BCUT2D eigenvalue weighted by atomic mass is 10.1. The number of amides is 2. The normalized spacial score (nSPS) is 12.7. The van der Waals surface area contributed by atoms with Crippen LogP contribution in [-0.2, 0) is 11.3 Å². The van der Waals surface area contributed by atoms with Crippen LogP contribution in [0.15, 0.2) is 66.7 Å². The van der Waals surface area contributed by atoms with Crippen LogP contribution in [0.5, 0.6) is 11.5 Å². The fraction of sp³-hybridized carbons (Fsp3) is 0.167. The van der Waals surface area contributed by atoms with Crippen LogP contribution in [0, 0.1) is 6.92 Å². The average Bonchev–Trinajstić information content (AvgIpc) is 2.77. The van der Waals surface area contributed by atoms with Crippen LogP contribution in [0.4, 0.5) is 11.4 Å². The van der Waals surface area contributed by atoms with Crippen LogP contribution < -0.4 is 19.7 Å². The maximum absolute atomic E-state index is 12.6. The van der Waals surface area contributed by atoms with Crippen LogP contribution in [0.1, 0.15) is 21.5 Å². The van der Waals surface area contributed by atoms with Crippen LogP contribution in [0.3, 0.4) is 0 Å². The van der Waals surface area contributed by atoms with Gasteiger partial charge in [0.05, 0.1) is 19.3 Å². The molecule has 30 heavy (non-hydrogen) atoms. The molecule has 6 heteroatoms. The molecule has 0 aromatic heterocycles. The number of ether oxygens (including phenoxy) is 2. The van der Waals surface area contributed by atoms with Gasteiger partial charge in [-0.3, -0.25) is 9.59 Å². The first-order valence-electron chi connectivity index (χ1n) is 9.62. The number of fused-ring (bicyclic) bond motifs is 1. The summed E-state index contributed by atoms with van der Waals surface area (Å²) < 4.78 is 10.7. The largest absolute Gasteiger partial charge is 0.497 e. The van der Waals surface area contributed by atoms with Crippen molar-refractivity contribution in [3.63, 3.8) is 0 Å². The number of carbonyl (C=O) groups excluding carboxylic acids is 2. The van der Waals surface area contributed by atoms with Gasteiger partial charge in [-0.15, -0.1) is 0 Å². The summed E-state index contributed by atoms with van der Waals surface area (Å²) in [7, 11) is 1.58. The molecular formula is C24H22N2O4. The average molecular weight is 402 g/mol. The van der Waals surface area contributed by atoms with E-state index >= 15 is 0 Å². The number of benzene rings is 3. The Morgan fingerprint density at radius 2 is 1.87 bits per heavy atom. The van der Waals surface area contributed by atoms with E-state index in [4.69, 9.17) is 9.47 Å². The third kappa shape index (κ3) is 3.98. The fourth-order valence-electron chi connectivity index (χ4n) is 3.36. The van der Waals surface area contributed by atoms with Gasteiger partial charge in [0.25, 0.3) is 11.8 Å². The quantitative estimate of drug-likeness (QED) is 0.695. The topological polar surface area (TPSA) is 67.9 Å². The molecule has 0 atom stereocenters. The minimum Gasteiger partial charge on any atom is -0.497 e. The Labute approximate surface area is 175 Å². The summed E-state index contributed by atoms with van der Waals surface area (Å²) in [5.74, 6) is 0.934. The molecule has 6 nitrogen and oxygen atoms in total. The highest BCUT2D eigenvalue weighted by Crippen LogP contribution is 2.36. The fourth-order valence-corrected chi connectivity index (χ4v) is 3.36. The lowest BCUT2D eigenvalue weighted by Gasteiger charge is -2.30. The maximum Gasteiger partial charge on any atom is 0.265 e. The van der Waals surface area contributed by atoms with Gasteiger partial charge in [-0.2, -0.15) is 0 Å². The van der Waals surface area contributed by atoms with E-state index < -0.39 is 0 Å². The van der Waals surface area contributed by atoms with Gasteiger partial charge >= 0.3 is 0 Å². The molecule has 0 aliphatic carbocycles. The molecule has 3 aromatic rings. The van der Waals surface area contributed by atoms with E-state index in [2.05, 4.69) is 5.32 Å². The molecule has 3 aromatic carbocycles. The van der Waals surface area contributed by atoms with Crippen molar-refractivity contribution in [3.05, 3.63) is 83.4 Å². The summed E-state index contributed by atoms with van der Waals surface area (Å²) in [5.41, 5.74) is 3.91. The molecule has 4 rings (SSSR count). The van der Waals surface area contributed by atoms with Crippen LogP contribution in [0.2, 0.25) is 0 Å². The number of carbonyl (C=O) groups is 2. The zero-order chi connectivity index (χ0) is 21.1. The highest BCUT2D eigenvalue weighted by atomic mass is 16.5. The molecule has 0 fully saturated rings. The van der Waals surface area contributed by atoms with E-state index in [0.29, 0.717) is 35.0 Å². The number of nitrogens with zero attached hydrogens (tertiary/aromatic N) is 1. The van der Waals surface area contributed by atoms with Crippen LogP contribution in [0.25, 0.3) is 0 Å². The van der Waals surface area contributed by atoms with E-state index in [9.17, 15) is 9.59 Å². The van der Waals surface area contributed by atoms with E-state index in [1.807, 2.05) is 31.2 Å². The molecule has 0 saturated heterocycles. The Kier molecular flexibility index (Phi) is 5.39. The van der Waals surface area contributed by atoms with E-state index in [1.165, 1.54) is 0 Å². The predicted molar refractivity (Wildman–Crippen MR) is 115 cm³/mol. The summed E-state index contributed by atoms with van der Waals surface area (Å²) in [4.78, 5) is 26.9. The first-order valence-corrected chi connectivity index (χ1v) is 9.62. The zero-order valence-corrected chi connectivity index (χ0v) is 16.8. The van der Waals surface area contributed by atoms with Gasteiger partial charge in [0.15, 0.2) is 6.61 Å². The number of aryl methyl sites for hydroxylation is 1. The van der Waals surface area contributed by atoms with Gasteiger partial charge < -0.3 is 19.7 Å². The highest BCUT2D eigenvalue weighted by molar-refractivity contribution is 6.05. The van der Waals surface area contributed by atoms with Gasteiger partial charge in [-0.05, 0) is 60.5 Å².